The molecule has 3 aromatic rings. The number of benzene rings is 2. The molecule has 1 heterocycles. The van der Waals surface area contributed by atoms with Gasteiger partial charge in [-0.2, -0.15) is 5.10 Å². The van der Waals surface area contributed by atoms with Gasteiger partial charge in [0, 0.05) is 32.5 Å². The monoisotopic (exact) mass is 575 g/mol. The van der Waals surface area contributed by atoms with E-state index in [1.807, 2.05) is 23.0 Å². The second-order valence-electron chi connectivity index (χ2n) is 8.26. The van der Waals surface area contributed by atoms with E-state index in [1.54, 1.807) is 20.4 Å². The van der Waals surface area contributed by atoms with Gasteiger partial charge >= 0.3 is 0 Å². The van der Waals surface area contributed by atoms with E-state index in [9.17, 15) is 0 Å². The van der Waals surface area contributed by atoms with Gasteiger partial charge in [-0.3, -0.25) is 9.67 Å². The standard InChI is InChI=1S/C26H33N5O2.HI/c1-27-26(29-18-21-8-3-4-9-22(21)19-31-15-7-14-30-31)28-17-20-12-13-24(32-2)25(16-20)33-23-10-5-6-11-23;/h3-4,7-9,12-16,23H,5-6,10-11,17-19H2,1-2H3,(H2,27,28,29);1H. The Morgan fingerprint density at radius 1 is 1.03 bits per heavy atom. The zero-order valence-corrected chi connectivity index (χ0v) is 22.2. The first-order valence-electron chi connectivity index (χ1n) is 11.6. The van der Waals surface area contributed by atoms with Gasteiger partial charge in [0.1, 0.15) is 0 Å². The van der Waals surface area contributed by atoms with Crippen molar-refractivity contribution in [1.82, 2.24) is 20.4 Å². The van der Waals surface area contributed by atoms with Crippen molar-refractivity contribution < 1.29 is 9.47 Å². The molecule has 0 unspecified atom stereocenters. The molecule has 1 aromatic heterocycles. The van der Waals surface area contributed by atoms with Crippen molar-refractivity contribution in [3.05, 3.63) is 77.6 Å². The molecule has 1 fully saturated rings. The van der Waals surface area contributed by atoms with Gasteiger partial charge in [-0.1, -0.05) is 30.3 Å². The Bertz CT molecular complexity index is 1050. The molecular weight excluding hydrogens is 541 g/mol. The lowest BCUT2D eigenvalue weighted by molar-refractivity contribution is 0.200. The summed E-state index contributed by atoms with van der Waals surface area (Å²) in [5, 5.41) is 11.1. The zero-order valence-electron chi connectivity index (χ0n) is 19.9. The highest BCUT2D eigenvalue weighted by Gasteiger charge is 2.18. The van der Waals surface area contributed by atoms with E-state index in [1.165, 1.54) is 24.0 Å². The third-order valence-corrected chi connectivity index (χ3v) is 5.96. The van der Waals surface area contributed by atoms with Crippen LogP contribution in [0.1, 0.15) is 42.4 Å². The molecule has 4 rings (SSSR count). The van der Waals surface area contributed by atoms with Gasteiger partial charge in [0.25, 0.3) is 0 Å². The number of aromatic nitrogens is 2. The fourth-order valence-electron chi connectivity index (χ4n) is 4.15. The first kappa shape index (κ1) is 25.9. The molecule has 2 aromatic carbocycles. The summed E-state index contributed by atoms with van der Waals surface area (Å²) in [6, 6.07) is 16.4. The van der Waals surface area contributed by atoms with Crippen molar-refractivity contribution in [2.45, 2.75) is 51.4 Å². The smallest absolute Gasteiger partial charge is 0.191 e. The van der Waals surface area contributed by atoms with E-state index in [0.717, 1.165) is 42.4 Å². The Hall–Kier alpha value is -2.75. The first-order valence-corrected chi connectivity index (χ1v) is 11.6. The van der Waals surface area contributed by atoms with E-state index in [4.69, 9.17) is 9.47 Å². The predicted molar refractivity (Wildman–Crippen MR) is 146 cm³/mol. The number of hydrogen-bond acceptors (Lipinski definition) is 4. The average Bonchev–Trinajstić information content (AvgIpc) is 3.55. The maximum Gasteiger partial charge on any atom is 0.191 e. The molecule has 7 nitrogen and oxygen atoms in total. The van der Waals surface area contributed by atoms with E-state index < -0.39 is 0 Å². The second kappa shape index (κ2) is 13.2. The van der Waals surface area contributed by atoms with Crippen LogP contribution in [0.2, 0.25) is 0 Å². The zero-order chi connectivity index (χ0) is 22.9. The van der Waals surface area contributed by atoms with Crippen molar-refractivity contribution >= 4 is 29.9 Å². The van der Waals surface area contributed by atoms with Gasteiger partial charge in [0.2, 0.25) is 0 Å². The molecule has 0 bridgehead atoms. The highest BCUT2D eigenvalue weighted by molar-refractivity contribution is 14.0. The van der Waals surface area contributed by atoms with Gasteiger partial charge in [-0.25, -0.2) is 0 Å². The van der Waals surface area contributed by atoms with E-state index in [0.29, 0.717) is 19.2 Å². The second-order valence-corrected chi connectivity index (χ2v) is 8.26. The minimum atomic E-state index is 0. The molecule has 0 saturated heterocycles. The molecule has 182 valence electrons. The maximum absolute atomic E-state index is 6.23. The molecule has 0 aliphatic heterocycles. The van der Waals surface area contributed by atoms with Crippen molar-refractivity contribution in [3.63, 3.8) is 0 Å². The minimum absolute atomic E-state index is 0. The summed E-state index contributed by atoms with van der Waals surface area (Å²) in [5.41, 5.74) is 3.56. The summed E-state index contributed by atoms with van der Waals surface area (Å²) < 4.78 is 13.7. The normalized spacial score (nSPS) is 13.9. The number of ether oxygens (including phenoxy) is 2. The number of nitrogens with zero attached hydrogens (tertiary/aromatic N) is 3. The highest BCUT2D eigenvalue weighted by atomic mass is 127. The molecule has 0 spiro atoms. The highest BCUT2D eigenvalue weighted by Crippen LogP contribution is 2.32. The number of methoxy groups -OCH3 is 1. The summed E-state index contributed by atoms with van der Waals surface area (Å²) in [5.74, 6) is 2.35. The van der Waals surface area contributed by atoms with Crippen LogP contribution in [-0.2, 0) is 19.6 Å². The number of aliphatic imine (C=N–C) groups is 1. The summed E-state index contributed by atoms with van der Waals surface area (Å²) in [6.07, 6.45) is 8.77. The minimum Gasteiger partial charge on any atom is -0.493 e. The van der Waals surface area contributed by atoms with Crippen LogP contribution in [-0.4, -0.2) is 36.0 Å². The molecule has 34 heavy (non-hydrogen) atoms. The van der Waals surface area contributed by atoms with Crippen LogP contribution in [0.5, 0.6) is 11.5 Å². The SMILES string of the molecule is CN=C(NCc1ccc(OC)c(OC2CCCC2)c1)NCc1ccccc1Cn1cccn1.I. The Labute approximate surface area is 219 Å². The number of halogens is 1. The molecule has 0 radical (unpaired) electrons. The Morgan fingerprint density at radius 2 is 1.79 bits per heavy atom. The lowest BCUT2D eigenvalue weighted by Crippen LogP contribution is -2.36. The van der Waals surface area contributed by atoms with Crippen molar-refractivity contribution in [2.75, 3.05) is 14.2 Å². The van der Waals surface area contributed by atoms with Crippen molar-refractivity contribution in [1.29, 1.82) is 0 Å². The largest absolute Gasteiger partial charge is 0.493 e. The lowest BCUT2D eigenvalue weighted by Gasteiger charge is -2.18. The Morgan fingerprint density at radius 3 is 2.50 bits per heavy atom. The van der Waals surface area contributed by atoms with Gasteiger partial charge in [0.15, 0.2) is 17.5 Å². The van der Waals surface area contributed by atoms with Gasteiger partial charge in [-0.05, 0) is 60.6 Å². The van der Waals surface area contributed by atoms with Crippen LogP contribution in [0.3, 0.4) is 0 Å². The molecule has 0 atom stereocenters. The average molecular weight is 575 g/mol. The molecule has 1 saturated carbocycles. The molecule has 8 heteroatoms. The molecule has 0 amide bonds. The third kappa shape index (κ3) is 7.12. The van der Waals surface area contributed by atoms with Crippen LogP contribution in [0.25, 0.3) is 0 Å². The van der Waals surface area contributed by atoms with Crippen LogP contribution < -0.4 is 20.1 Å². The number of hydrogen-bond donors (Lipinski definition) is 2. The van der Waals surface area contributed by atoms with Crippen LogP contribution in [0.15, 0.2) is 65.9 Å². The Kier molecular flexibility index (Phi) is 10.1. The number of nitrogens with one attached hydrogen (secondary N) is 2. The third-order valence-electron chi connectivity index (χ3n) is 5.96. The summed E-state index contributed by atoms with van der Waals surface area (Å²) in [4.78, 5) is 4.38. The summed E-state index contributed by atoms with van der Waals surface area (Å²) in [6.45, 7) is 2.06. The number of guanidine groups is 1. The lowest BCUT2D eigenvalue weighted by atomic mass is 10.1. The first-order chi connectivity index (χ1) is 16.2. The summed E-state index contributed by atoms with van der Waals surface area (Å²) >= 11 is 0. The molecular formula is C26H34IN5O2. The maximum atomic E-state index is 6.23. The molecule has 1 aliphatic carbocycles. The van der Waals surface area contributed by atoms with Crippen LogP contribution in [0.4, 0.5) is 0 Å². The fraction of sp³-hybridized carbons (Fsp3) is 0.385. The van der Waals surface area contributed by atoms with E-state index >= 15 is 0 Å². The quantitative estimate of drug-likeness (QED) is 0.219. The van der Waals surface area contributed by atoms with Crippen LogP contribution >= 0.6 is 24.0 Å². The summed E-state index contributed by atoms with van der Waals surface area (Å²) in [7, 11) is 3.47. The molecule has 2 N–H and O–H groups in total. The van der Waals surface area contributed by atoms with Crippen molar-refractivity contribution in [3.8, 4) is 11.5 Å². The van der Waals surface area contributed by atoms with Gasteiger partial charge in [-0.15, -0.1) is 24.0 Å². The van der Waals surface area contributed by atoms with Gasteiger partial charge in [0.05, 0.1) is 19.8 Å². The number of rotatable bonds is 9. The van der Waals surface area contributed by atoms with Crippen LogP contribution in [0, 0.1) is 0 Å². The van der Waals surface area contributed by atoms with Gasteiger partial charge < -0.3 is 20.1 Å². The van der Waals surface area contributed by atoms with E-state index in [-0.39, 0.29) is 24.0 Å². The fourth-order valence-corrected chi connectivity index (χ4v) is 4.15. The predicted octanol–water partition coefficient (Wildman–Crippen LogP) is 4.74. The van der Waals surface area contributed by atoms with Crippen molar-refractivity contribution in [2.24, 2.45) is 4.99 Å². The molecule has 1 aliphatic rings. The Balaban J connectivity index is 0.00000324. The van der Waals surface area contributed by atoms with E-state index in [2.05, 4.69) is 57.1 Å². The topological polar surface area (TPSA) is 72.7 Å².